The fraction of sp³-hybridized carbons (Fsp3) is 0.500. The van der Waals surface area contributed by atoms with Crippen LogP contribution in [0.2, 0.25) is 0 Å². The first-order valence-corrected chi connectivity index (χ1v) is 5.93. The summed E-state index contributed by atoms with van der Waals surface area (Å²) in [6, 6.07) is 6.61. The minimum Gasteiger partial charge on any atom is -0.308 e. The summed E-state index contributed by atoms with van der Waals surface area (Å²) in [6.45, 7) is 5.55. The van der Waals surface area contributed by atoms with Crippen molar-refractivity contribution in [3.8, 4) is 0 Å². The molecule has 0 amide bonds. The molecule has 0 radical (unpaired) electrons. The lowest BCUT2D eigenvalue weighted by Crippen LogP contribution is -2.33. The molecule has 1 aliphatic heterocycles. The lowest BCUT2D eigenvalue weighted by atomic mass is 9.90. The summed E-state index contributed by atoms with van der Waals surface area (Å²) in [5.41, 5.74) is 2.87. The van der Waals surface area contributed by atoms with Gasteiger partial charge in [-0.1, -0.05) is 28.1 Å². The summed E-state index contributed by atoms with van der Waals surface area (Å²) in [5, 5.41) is 3.58. The molecular formula is C12H16BrN. The fourth-order valence-electron chi connectivity index (χ4n) is 2.19. The van der Waals surface area contributed by atoms with E-state index in [4.69, 9.17) is 0 Å². The summed E-state index contributed by atoms with van der Waals surface area (Å²) in [7, 11) is 0. The van der Waals surface area contributed by atoms with Gasteiger partial charge >= 0.3 is 0 Å². The zero-order valence-corrected chi connectivity index (χ0v) is 10.3. The second-order valence-corrected chi connectivity index (χ2v) is 5.20. The van der Waals surface area contributed by atoms with Crippen molar-refractivity contribution in [2.24, 2.45) is 0 Å². The molecule has 1 atom stereocenters. The van der Waals surface area contributed by atoms with E-state index in [-0.39, 0.29) is 5.54 Å². The molecule has 0 bridgehead atoms. The number of aryl methyl sites for hydroxylation is 1. The number of hydrogen-bond donors (Lipinski definition) is 1. The largest absolute Gasteiger partial charge is 0.308 e. The van der Waals surface area contributed by atoms with Gasteiger partial charge in [0, 0.05) is 10.0 Å². The second kappa shape index (κ2) is 3.67. The Balaban J connectivity index is 2.40. The average Bonchev–Trinajstić information content (AvgIpc) is 2.52. The first-order valence-electron chi connectivity index (χ1n) is 5.13. The predicted octanol–water partition coefficient (Wildman–Crippen LogP) is 3.36. The van der Waals surface area contributed by atoms with Crippen molar-refractivity contribution in [3.63, 3.8) is 0 Å². The van der Waals surface area contributed by atoms with Crippen molar-refractivity contribution in [1.82, 2.24) is 5.32 Å². The lowest BCUT2D eigenvalue weighted by molar-refractivity contribution is 0.432. The van der Waals surface area contributed by atoms with Crippen LogP contribution in [0, 0.1) is 6.92 Å². The fourth-order valence-corrected chi connectivity index (χ4v) is 3.12. The Morgan fingerprint density at radius 2 is 2.21 bits per heavy atom. The van der Waals surface area contributed by atoms with Crippen LogP contribution in [0.3, 0.4) is 0 Å². The van der Waals surface area contributed by atoms with Crippen molar-refractivity contribution < 1.29 is 0 Å². The molecule has 1 fully saturated rings. The molecule has 2 heteroatoms. The topological polar surface area (TPSA) is 12.0 Å². The number of benzene rings is 1. The van der Waals surface area contributed by atoms with Crippen molar-refractivity contribution in [2.45, 2.75) is 32.2 Å². The quantitative estimate of drug-likeness (QED) is 0.810. The minimum absolute atomic E-state index is 0.173. The maximum Gasteiger partial charge on any atom is 0.0417 e. The standard InChI is InChI=1S/C12H16BrN/c1-9-4-5-10(11(13)8-9)12(2)6-3-7-14-12/h4-5,8,14H,3,6-7H2,1-2H3. The molecule has 1 nitrogen and oxygen atoms in total. The van der Waals surface area contributed by atoms with Crippen LogP contribution in [0.1, 0.15) is 30.9 Å². The summed E-state index contributed by atoms with van der Waals surface area (Å²) in [4.78, 5) is 0. The first kappa shape index (κ1) is 10.2. The van der Waals surface area contributed by atoms with Crippen LogP contribution in [-0.2, 0) is 5.54 Å². The first-order chi connectivity index (χ1) is 6.62. The van der Waals surface area contributed by atoms with E-state index in [1.54, 1.807) is 0 Å². The Kier molecular flexibility index (Phi) is 2.67. The average molecular weight is 254 g/mol. The van der Waals surface area contributed by atoms with Crippen molar-refractivity contribution in [2.75, 3.05) is 6.54 Å². The number of rotatable bonds is 1. The highest BCUT2D eigenvalue weighted by Crippen LogP contribution is 2.35. The second-order valence-electron chi connectivity index (χ2n) is 4.35. The maximum absolute atomic E-state index is 3.65. The van der Waals surface area contributed by atoms with E-state index in [2.05, 4.69) is 53.3 Å². The van der Waals surface area contributed by atoms with E-state index >= 15 is 0 Å². The molecule has 1 aromatic rings. The summed E-state index contributed by atoms with van der Waals surface area (Å²) >= 11 is 3.65. The van der Waals surface area contributed by atoms with Crippen LogP contribution in [0.5, 0.6) is 0 Å². The van der Waals surface area contributed by atoms with E-state index in [0.29, 0.717) is 0 Å². The van der Waals surface area contributed by atoms with Crippen LogP contribution in [0.25, 0.3) is 0 Å². The highest BCUT2D eigenvalue weighted by atomic mass is 79.9. The van der Waals surface area contributed by atoms with Gasteiger partial charge in [-0.25, -0.2) is 0 Å². The molecule has 0 aromatic heterocycles. The summed E-state index contributed by atoms with van der Waals surface area (Å²) < 4.78 is 1.23. The molecule has 0 aliphatic carbocycles. The summed E-state index contributed by atoms with van der Waals surface area (Å²) in [6.07, 6.45) is 2.51. The molecule has 0 spiro atoms. The molecular weight excluding hydrogens is 238 g/mol. The predicted molar refractivity (Wildman–Crippen MR) is 63.5 cm³/mol. The molecule has 0 saturated carbocycles. The van der Waals surface area contributed by atoms with E-state index < -0.39 is 0 Å². The van der Waals surface area contributed by atoms with Crippen LogP contribution in [-0.4, -0.2) is 6.54 Å². The Bertz CT molecular complexity index is 340. The van der Waals surface area contributed by atoms with E-state index in [9.17, 15) is 0 Å². The van der Waals surface area contributed by atoms with Crippen molar-refractivity contribution in [1.29, 1.82) is 0 Å². The zero-order valence-electron chi connectivity index (χ0n) is 8.73. The molecule has 2 rings (SSSR count). The highest BCUT2D eigenvalue weighted by molar-refractivity contribution is 9.10. The maximum atomic E-state index is 3.65. The van der Waals surface area contributed by atoms with Gasteiger partial charge in [0.1, 0.15) is 0 Å². The molecule has 1 heterocycles. The third kappa shape index (κ3) is 1.73. The van der Waals surface area contributed by atoms with Gasteiger partial charge in [0.05, 0.1) is 0 Å². The number of nitrogens with one attached hydrogen (secondary N) is 1. The van der Waals surface area contributed by atoms with Gasteiger partial charge in [0.15, 0.2) is 0 Å². The number of hydrogen-bond acceptors (Lipinski definition) is 1. The van der Waals surface area contributed by atoms with E-state index in [1.807, 2.05) is 0 Å². The van der Waals surface area contributed by atoms with E-state index in [1.165, 1.54) is 28.4 Å². The van der Waals surface area contributed by atoms with Crippen LogP contribution >= 0.6 is 15.9 Å². The molecule has 1 saturated heterocycles. The smallest absolute Gasteiger partial charge is 0.0417 e. The normalized spacial score (nSPS) is 26.8. The van der Waals surface area contributed by atoms with E-state index in [0.717, 1.165) is 6.54 Å². The Morgan fingerprint density at radius 1 is 1.43 bits per heavy atom. The molecule has 1 aromatic carbocycles. The number of halogens is 1. The van der Waals surface area contributed by atoms with Gasteiger partial charge in [-0.15, -0.1) is 0 Å². The molecule has 1 N–H and O–H groups in total. The van der Waals surface area contributed by atoms with Gasteiger partial charge in [-0.3, -0.25) is 0 Å². The van der Waals surface area contributed by atoms with Gasteiger partial charge in [-0.2, -0.15) is 0 Å². The third-order valence-corrected chi connectivity index (χ3v) is 3.74. The van der Waals surface area contributed by atoms with Crippen LogP contribution in [0.4, 0.5) is 0 Å². The molecule has 1 aliphatic rings. The Morgan fingerprint density at radius 3 is 2.79 bits per heavy atom. The van der Waals surface area contributed by atoms with Gasteiger partial charge in [-0.05, 0) is 50.4 Å². The third-order valence-electron chi connectivity index (χ3n) is 3.09. The molecule has 76 valence electrons. The Labute approximate surface area is 94.0 Å². The summed E-state index contributed by atoms with van der Waals surface area (Å²) in [5.74, 6) is 0. The van der Waals surface area contributed by atoms with Gasteiger partial charge in [0.25, 0.3) is 0 Å². The molecule has 1 unspecified atom stereocenters. The van der Waals surface area contributed by atoms with Crippen LogP contribution < -0.4 is 5.32 Å². The highest BCUT2D eigenvalue weighted by Gasteiger charge is 2.31. The SMILES string of the molecule is Cc1ccc(C2(C)CCCN2)c(Br)c1. The van der Waals surface area contributed by atoms with Crippen molar-refractivity contribution in [3.05, 3.63) is 33.8 Å². The van der Waals surface area contributed by atoms with Crippen LogP contribution in [0.15, 0.2) is 22.7 Å². The zero-order chi connectivity index (χ0) is 10.2. The van der Waals surface area contributed by atoms with Gasteiger partial charge < -0.3 is 5.32 Å². The Hall–Kier alpha value is -0.340. The van der Waals surface area contributed by atoms with Crippen molar-refractivity contribution >= 4 is 15.9 Å². The molecule has 14 heavy (non-hydrogen) atoms. The monoisotopic (exact) mass is 253 g/mol. The minimum atomic E-state index is 0.173. The van der Waals surface area contributed by atoms with Gasteiger partial charge in [0.2, 0.25) is 0 Å². The lowest BCUT2D eigenvalue weighted by Gasteiger charge is -2.26.